The predicted molar refractivity (Wildman–Crippen MR) is 176 cm³/mol. The number of carboxylic acids is 1. The molecular formula is C39H52O7. The normalized spacial score (nSPS) is 45.1. The molecule has 5 aliphatic carbocycles. The van der Waals surface area contributed by atoms with Gasteiger partial charge in [0.1, 0.15) is 11.9 Å². The van der Waals surface area contributed by atoms with E-state index >= 15 is 0 Å². The number of phenolic OH excluding ortho intramolecular Hbond substituents is 1. The highest BCUT2D eigenvalue weighted by Gasteiger charge is 2.71. The average Bonchev–Trinajstić information content (AvgIpc) is 3.00. The minimum atomic E-state index is -0.947. The quantitative estimate of drug-likeness (QED) is 0.158. The predicted octanol–water partition coefficient (Wildman–Crippen LogP) is 6.92. The summed E-state index contributed by atoms with van der Waals surface area (Å²) in [6.07, 6.45) is 9.41. The van der Waals surface area contributed by atoms with Crippen LogP contribution in [0.4, 0.5) is 0 Å². The molecule has 250 valence electrons. The van der Waals surface area contributed by atoms with Crippen molar-refractivity contribution in [2.75, 3.05) is 6.61 Å². The summed E-state index contributed by atoms with van der Waals surface area (Å²) in [5, 5.41) is 42.9. The number of hydrogen-bond donors (Lipinski definition) is 4. The van der Waals surface area contributed by atoms with E-state index in [1.165, 1.54) is 11.6 Å². The van der Waals surface area contributed by atoms with Crippen LogP contribution in [0.1, 0.15) is 91.5 Å². The van der Waals surface area contributed by atoms with Gasteiger partial charge in [0.25, 0.3) is 0 Å². The Kier molecular flexibility index (Phi) is 7.96. The molecule has 4 fully saturated rings. The molecule has 1 aromatic carbocycles. The Bertz CT molecular complexity index is 1480. The van der Waals surface area contributed by atoms with Crippen LogP contribution >= 0.6 is 0 Å². The molecular weight excluding hydrogens is 580 g/mol. The van der Waals surface area contributed by atoms with Crippen LogP contribution in [0.15, 0.2) is 54.1 Å². The first-order chi connectivity index (χ1) is 21.6. The van der Waals surface area contributed by atoms with Gasteiger partial charge in [-0.1, -0.05) is 70.6 Å². The van der Waals surface area contributed by atoms with Crippen molar-refractivity contribution in [3.8, 4) is 5.75 Å². The second-order valence-electron chi connectivity index (χ2n) is 16.4. The highest BCUT2D eigenvalue weighted by atomic mass is 16.6. The summed E-state index contributed by atoms with van der Waals surface area (Å²) in [5.41, 5.74) is 0.952. The first-order valence-corrected chi connectivity index (χ1v) is 17.2. The Morgan fingerprint density at radius 2 is 1.74 bits per heavy atom. The Hall–Kier alpha value is -2.90. The molecule has 0 bridgehead atoms. The van der Waals surface area contributed by atoms with Crippen LogP contribution in [0.5, 0.6) is 5.75 Å². The highest BCUT2D eigenvalue weighted by molar-refractivity contribution is 5.87. The standard InChI is InChI=1S/C39H52O7/c1-23-15-18-39(34(44)45)20-19-37(5)27(32(39)24(23)2)12-13-30-35(3)21-28(42)33(36(4,22-40)29(35)16-17-38(30,37)6)46-31(43)14-9-25-7-10-26(41)11-8-25/h7-12,14,24,28-30,32-33,40-42H,1,13,15-22H2,2-6H3,(H,44,45)/b14-9+/t24-,28+,29+,30+,32-,33-,35-,36-,37+,38+,39-/m0/s1. The fourth-order valence-electron chi connectivity index (χ4n) is 11.8. The van der Waals surface area contributed by atoms with Crippen molar-refractivity contribution in [3.05, 3.63) is 59.7 Å². The molecule has 11 atom stereocenters. The summed E-state index contributed by atoms with van der Waals surface area (Å²) < 4.78 is 5.97. The van der Waals surface area contributed by atoms with E-state index in [0.717, 1.165) is 43.2 Å². The number of phenols is 1. The SMILES string of the molecule is C=C1CC[C@]2(C(=O)O)CC[C@]3(C)C(=CC[C@@H]4[C@@]5(C)C[C@@H](O)[C@H](OC(=O)/C=C/c6ccc(O)cc6)[C@@](C)(CO)[C@@H]5CC[C@]43C)[C@@H]2[C@H]1C. The van der Waals surface area contributed by atoms with E-state index in [9.17, 15) is 30.0 Å². The number of carbonyl (C=O) groups is 2. The maximum Gasteiger partial charge on any atom is 0.331 e. The Labute approximate surface area is 273 Å². The number of carbonyl (C=O) groups excluding carboxylic acids is 1. The lowest BCUT2D eigenvalue weighted by molar-refractivity contribution is -0.249. The van der Waals surface area contributed by atoms with E-state index in [-0.39, 0.29) is 52.3 Å². The Morgan fingerprint density at radius 1 is 1.04 bits per heavy atom. The Morgan fingerprint density at radius 3 is 2.39 bits per heavy atom. The second-order valence-corrected chi connectivity index (χ2v) is 16.4. The van der Waals surface area contributed by atoms with E-state index in [1.807, 2.05) is 6.92 Å². The number of aliphatic hydroxyl groups excluding tert-OH is 2. The molecule has 7 nitrogen and oxygen atoms in total. The third kappa shape index (κ3) is 4.51. The molecule has 0 saturated heterocycles. The van der Waals surface area contributed by atoms with Crippen LogP contribution in [0.2, 0.25) is 0 Å². The smallest absolute Gasteiger partial charge is 0.331 e. The zero-order valence-corrected chi connectivity index (χ0v) is 28.1. The molecule has 6 rings (SSSR count). The molecule has 46 heavy (non-hydrogen) atoms. The fourth-order valence-corrected chi connectivity index (χ4v) is 11.8. The van der Waals surface area contributed by atoms with Gasteiger partial charge in [-0.2, -0.15) is 0 Å². The molecule has 0 aromatic heterocycles. The number of carboxylic acid groups (broad SMARTS) is 1. The minimum Gasteiger partial charge on any atom is -0.508 e. The van der Waals surface area contributed by atoms with Gasteiger partial charge in [0.15, 0.2) is 0 Å². The van der Waals surface area contributed by atoms with Gasteiger partial charge in [0, 0.05) is 17.4 Å². The molecule has 1 aromatic rings. The van der Waals surface area contributed by atoms with Gasteiger partial charge >= 0.3 is 11.9 Å². The highest BCUT2D eigenvalue weighted by Crippen LogP contribution is 2.75. The maximum atomic E-state index is 13.1. The van der Waals surface area contributed by atoms with Gasteiger partial charge in [-0.05, 0) is 109 Å². The van der Waals surface area contributed by atoms with E-state index < -0.39 is 35.0 Å². The molecule has 4 saturated carbocycles. The lowest BCUT2D eigenvalue weighted by Crippen LogP contribution is -2.68. The van der Waals surface area contributed by atoms with Crippen molar-refractivity contribution in [3.63, 3.8) is 0 Å². The number of hydrogen-bond acceptors (Lipinski definition) is 6. The van der Waals surface area contributed by atoms with Crippen molar-refractivity contribution < 1.29 is 34.8 Å². The largest absolute Gasteiger partial charge is 0.508 e. The number of ether oxygens (including phenoxy) is 1. The van der Waals surface area contributed by atoms with Crippen LogP contribution in [-0.2, 0) is 14.3 Å². The summed E-state index contributed by atoms with van der Waals surface area (Å²) in [5.74, 6) is -0.846. The zero-order chi connectivity index (χ0) is 33.4. The monoisotopic (exact) mass is 632 g/mol. The van der Waals surface area contributed by atoms with E-state index in [0.29, 0.717) is 19.3 Å². The molecule has 4 N–H and O–H groups in total. The van der Waals surface area contributed by atoms with E-state index in [4.69, 9.17) is 4.74 Å². The summed E-state index contributed by atoms with van der Waals surface area (Å²) in [4.78, 5) is 26.0. The number of aliphatic hydroxyl groups is 2. The first kappa shape index (κ1) is 33.0. The zero-order valence-electron chi connectivity index (χ0n) is 28.1. The van der Waals surface area contributed by atoms with Crippen molar-refractivity contribution in [2.24, 2.45) is 50.7 Å². The van der Waals surface area contributed by atoms with Crippen molar-refractivity contribution in [1.82, 2.24) is 0 Å². The van der Waals surface area contributed by atoms with Crippen LogP contribution in [0.25, 0.3) is 6.08 Å². The molecule has 0 radical (unpaired) electrons. The third-order valence-corrected chi connectivity index (χ3v) is 14.6. The summed E-state index contributed by atoms with van der Waals surface area (Å²) in [6, 6.07) is 6.48. The van der Waals surface area contributed by atoms with Crippen LogP contribution < -0.4 is 0 Å². The number of allylic oxidation sites excluding steroid dienone is 3. The molecule has 0 amide bonds. The number of benzene rings is 1. The number of esters is 1. The molecule has 5 aliphatic rings. The van der Waals surface area contributed by atoms with Gasteiger partial charge in [-0.15, -0.1) is 0 Å². The summed E-state index contributed by atoms with van der Waals surface area (Å²) in [7, 11) is 0. The number of aliphatic carboxylic acids is 1. The van der Waals surface area contributed by atoms with Gasteiger partial charge in [0.2, 0.25) is 0 Å². The lowest BCUT2D eigenvalue weighted by atomic mass is 9.33. The van der Waals surface area contributed by atoms with Gasteiger partial charge in [-0.25, -0.2) is 4.79 Å². The third-order valence-electron chi connectivity index (χ3n) is 14.6. The van der Waals surface area contributed by atoms with E-state index in [2.05, 4.69) is 40.3 Å². The van der Waals surface area contributed by atoms with Crippen LogP contribution in [0, 0.1) is 50.7 Å². The summed E-state index contributed by atoms with van der Waals surface area (Å²) >= 11 is 0. The number of fused-ring (bicyclic) bond motifs is 7. The van der Waals surface area contributed by atoms with Crippen LogP contribution in [-0.4, -0.2) is 51.2 Å². The van der Waals surface area contributed by atoms with E-state index in [1.54, 1.807) is 30.3 Å². The molecule has 0 heterocycles. The Balaban J connectivity index is 1.32. The minimum absolute atomic E-state index is 0.0129. The molecule has 0 spiro atoms. The number of rotatable bonds is 5. The topological polar surface area (TPSA) is 124 Å². The number of aromatic hydroxyl groups is 1. The molecule has 7 heteroatoms. The van der Waals surface area contributed by atoms with Gasteiger partial charge in [0.05, 0.1) is 18.1 Å². The first-order valence-electron chi connectivity index (χ1n) is 17.2. The average molecular weight is 633 g/mol. The van der Waals surface area contributed by atoms with Gasteiger partial charge < -0.3 is 25.2 Å². The fraction of sp³-hybridized carbons (Fsp3) is 0.641. The van der Waals surface area contributed by atoms with Crippen molar-refractivity contribution in [1.29, 1.82) is 0 Å². The lowest BCUT2D eigenvalue weighted by Gasteiger charge is -2.71. The van der Waals surface area contributed by atoms with Crippen molar-refractivity contribution in [2.45, 2.75) is 98.2 Å². The molecule has 0 aliphatic heterocycles. The van der Waals surface area contributed by atoms with Gasteiger partial charge in [-0.3, -0.25) is 4.79 Å². The van der Waals surface area contributed by atoms with Crippen LogP contribution in [0.3, 0.4) is 0 Å². The summed E-state index contributed by atoms with van der Waals surface area (Å²) in [6.45, 7) is 15.4. The maximum absolute atomic E-state index is 13.1. The molecule has 0 unspecified atom stereocenters. The second kappa shape index (κ2) is 11.1. The van der Waals surface area contributed by atoms with Crippen molar-refractivity contribution >= 4 is 18.0 Å².